The van der Waals surface area contributed by atoms with Gasteiger partial charge >= 0.3 is 5.69 Å². The Morgan fingerprint density at radius 3 is 2.86 bits per heavy atom. The second kappa shape index (κ2) is 5.12. The monoisotopic (exact) mass is 284 g/mol. The Labute approximate surface area is 121 Å². The fraction of sp³-hybridized carbons (Fsp3) is 0.333. The number of hydrogen-bond donors (Lipinski definition) is 2. The number of aromatic nitrogens is 4. The van der Waals surface area contributed by atoms with E-state index in [-0.39, 0.29) is 0 Å². The minimum absolute atomic E-state index is 0.313. The summed E-state index contributed by atoms with van der Waals surface area (Å²) in [6, 6.07) is 1.88. The van der Waals surface area contributed by atoms with Crippen LogP contribution in [0, 0.1) is 5.92 Å². The number of nitrogens with zero attached hydrogens (tertiary/aromatic N) is 2. The molecule has 0 aliphatic heterocycles. The van der Waals surface area contributed by atoms with E-state index in [1.165, 1.54) is 6.20 Å². The van der Waals surface area contributed by atoms with Crippen molar-refractivity contribution in [2.45, 2.75) is 25.7 Å². The quantitative estimate of drug-likeness (QED) is 0.893. The third-order valence-corrected chi connectivity index (χ3v) is 3.99. The molecule has 1 aliphatic carbocycles. The van der Waals surface area contributed by atoms with Crippen molar-refractivity contribution in [1.82, 2.24) is 20.2 Å². The van der Waals surface area contributed by atoms with Crippen molar-refractivity contribution in [3.05, 3.63) is 50.9 Å². The van der Waals surface area contributed by atoms with Crippen LogP contribution >= 0.6 is 0 Å². The van der Waals surface area contributed by atoms with Crippen LogP contribution in [0.4, 0.5) is 0 Å². The SMILES string of the molecule is C=Cc1nnc(-c2c[nH]c(=O)[nH]c2=O)cc1[C@H]1C[C@@H]1CC. The molecule has 2 aromatic rings. The average Bonchev–Trinajstić information content (AvgIpc) is 3.26. The van der Waals surface area contributed by atoms with E-state index in [4.69, 9.17) is 0 Å². The van der Waals surface area contributed by atoms with E-state index in [2.05, 4.69) is 33.7 Å². The van der Waals surface area contributed by atoms with Gasteiger partial charge in [0.15, 0.2) is 0 Å². The summed E-state index contributed by atoms with van der Waals surface area (Å²) in [5.74, 6) is 1.12. The number of hydrogen-bond acceptors (Lipinski definition) is 4. The van der Waals surface area contributed by atoms with Crippen LogP contribution in [-0.4, -0.2) is 20.2 Å². The summed E-state index contributed by atoms with van der Waals surface area (Å²) in [6.45, 7) is 5.93. The van der Waals surface area contributed by atoms with Crippen molar-refractivity contribution in [1.29, 1.82) is 0 Å². The summed E-state index contributed by atoms with van der Waals surface area (Å²) in [7, 11) is 0. The largest absolute Gasteiger partial charge is 0.325 e. The predicted molar refractivity (Wildman–Crippen MR) is 79.9 cm³/mol. The van der Waals surface area contributed by atoms with Crippen LogP contribution in [0.1, 0.15) is 36.9 Å². The van der Waals surface area contributed by atoms with E-state index < -0.39 is 11.2 Å². The topological polar surface area (TPSA) is 91.5 Å². The van der Waals surface area contributed by atoms with E-state index in [0.29, 0.717) is 23.1 Å². The van der Waals surface area contributed by atoms with Crippen LogP contribution in [0.25, 0.3) is 17.3 Å². The Balaban J connectivity index is 2.08. The van der Waals surface area contributed by atoms with Crippen molar-refractivity contribution in [2.75, 3.05) is 0 Å². The van der Waals surface area contributed by atoms with Gasteiger partial charge in [-0.3, -0.25) is 9.78 Å². The van der Waals surface area contributed by atoms with Crippen molar-refractivity contribution in [2.24, 2.45) is 5.92 Å². The van der Waals surface area contributed by atoms with Gasteiger partial charge in [-0.1, -0.05) is 19.9 Å². The Bertz CT molecular complexity index is 806. The molecule has 1 fully saturated rings. The zero-order chi connectivity index (χ0) is 15.0. The molecule has 3 rings (SSSR count). The molecular formula is C15H16N4O2. The van der Waals surface area contributed by atoms with Gasteiger partial charge in [0, 0.05) is 6.20 Å². The smallest absolute Gasteiger partial charge is 0.313 e. The summed E-state index contributed by atoms with van der Waals surface area (Å²) < 4.78 is 0. The fourth-order valence-corrected chi connectivity index (χ4v) is 2.68. The van der Waals surface area contributed by atoms with Crippen molar-refractivity contribution >= 4 is 6.08 Å². The van der Waals surface area contributed by atoms with E-state index in [0.717, 1.165) is 24.1 Å². The van der Waals surface area contributed by atoms with Gasteiger partial charge in [-0.15, -0.1) is 5.10 Å². The van der Waals surface area contributed by atoms with Gasteiger partial charge in [-0.05, 0) is 36.0 Å². The van der Waals surface area contributed by atoms with Crippen LogP contribution in [-0.2, 0) is 0 Å². The molecule has 0 spiro atoms. The number of H-pyrrole nitrogens is 2. The first-order chi connectivity index (χ1) is 10.1. The molecule has 6 nitrogen and oxygen atoms in total. The number of rotatable bonds is 4. The third-order valence-electron chi connectivity index (χ3n) is 3.99. The predicted octanol–water partition coefficient (Wildman–Crippen LogP) is 1.68. The minimum atomic E-state index is -0.534. The first-order valence-corrected chi connectivity index (χ1v) is 6.96. The van der Waals surface area contributed by atoms with Crippen molar-refractivity contribution < 1.29 is 0 Å². The van der Waals surface area contributed by atoms with Gasteiger partial charge in [0.05, 0.1) is 11.3 Å². The Morgan fingerprint density at radius 1 is 1.43 bits per heavy atom. The Morgan fingerprint density at radius 2 is 2.24 bits per heavy atom. The summed E-state index contributed by atoms with van der Waals surface area (Å²) in [4.78, 5) is 27.6. The molecule has 108 valence electrons. The van der Waals surface area contributed by atoms with Gasteiger partial charge in [-0.25, -0.2) is 4.79 Å². The summed E-state index contributed by atoms with van der Waals surface area (Å²) in [5.41, 5.74) is 1.62. The van der Waals surface area contributed by atoms with Crippen molar-refractivity contribution in [3.8, 4) is 11.3 Å². The summed E-state index contributed by atoms with van der Waals surface area (Å²) in [6.07, 6.45) is 5.31. The van der Waals surface area contributed by atoms with Crippen LogP contribution in [0.2, 0.25) is 0 Å². The van der Waals surface area contributed by atoms with Crippen molar-refractivity contribution in [3.63, 3.8) is 0 Å². The van der Waals surface area contributed by atoms with E-state index in [9.17, 15) is 9.59 Å². The lowest BCUT2D eigenvalue weighted by molar-refractivity contribution is 0.761. The van der Waals surface area contributed by atoms with Crippen LogP contribution < -0.4 is 11.2 Å². The fourth-order valence-electron chi connectivity index (χ4n) is 2.68. The maximum atomic E-state index is 11.8. The molecule has 2 heterocycles. The lowest BCUT2D eigenvalue weighted by Crippen LogP contribution is -2.23. The second-order valence-corrected chi connectivity index (χ2v) is 5.27. The molecule has 1 saturated carbocycles. The molecule has 0 saturated heterocycles. The lowest BCUT2D eigenvalue weighted by Gasteiger charge is -2.06. The maximum absolute atomic E-state index is 11.8. The maximum Gasteiger partial charge on any atom is 0.325 e. The molecule has 6 heteroatoms. The highest BCUT2D eigenvalue weighted by Crippen LogP contribution is 2.50. The first kappa shape index (κ1) is 13.5. The molecule has 2 atom stereocenters. The molecular weight excluding hydrogens is 268 g/mol. The number of aromatic amines is 2. The van der Waals surface area contributed by atoms with Gasteiger partial charge in [-0.2, -0.15) is 5.10 Å². The lowest BCUT2D eigenvalue weighted by atomic mass is 10.0. The van der Waals surface area contributed by atoms with Gasteiger partial charge in [0.2, 0.25) is 0 Å². The first-order valence-electron chi connectivity index (χ1n) is 6.96. The van der Waals surface area contributed by atoms with Gasteiger partial charge < -0.3 is 4.98 Å². The Hall–Kier alpha value is -2.50. The second-order valence-electron chi connectivity index (χ2n) is 5.27. The van der Waals surface area contributed by atoms with Crippen LogP contribution in [0.3, 0.4) is 0 Å². The van der Waals surface area contributed by atoms with Crippen LogP contribution in [0.15, 0.2) is 28.4 Å². The van der Waals surface area contributed by atoms with E-state index in [1.807, 2.05) is 6.07 Å². The number of nitrogens with one attached hydrogen (secondary N) is 2. The third kappa shape index (κ3) is 2.44. The molecule has 21 heavy (non-hydrogen) atoms. The standard InChI is InChI=1S/C15H16N4O2/c1-3-8-5-9(8)10-6-13(19-18-12(10)4-2)11-7-16-15(21)17-14(11)20/h4,6-9H,2-3,5H2,1H3,(H2,16,17,20,21)/t8-,9-/m0/s1. The molecule has 2 aromatic heterocycles. The zero-order valence-corrected chi connectivity index (χ0v) is 11.7. The molecule has 0 radical (unpaired) electrons. The highest BCUT2D eigenvalue weighted by atomic mass is 16.2. The summed E-state index contributed by atoms with van der Waals surface area (Å²) in [5, 5.41) is 8.22. The molecule has 0 amide bonds. The average molecular weight is 284 g/mol. The van der Waals surface area contributed by atoms with E-state index in [1.54, 1.807) is 6.08 Å². The molecule has 2 N–H and O–H groups in total. The van der Waals surface area contributed by atoms with Gasteiger partial charge in [0.25, 0.3) is 5.56 Å². The Kier molecular flexibility index (Phi) is 3.29. The highest BCUT2D eigenvalue weighted by Gasteiger charge is 2.38. The van der Waals surface area contributed by atoms with E-state index >= 15 is 0 Å². The normalized spacial score (nSPS) is 20.2. The molecule has 1 aliphatic rings. The molecule has 0 aromatic carbocycles. The zero-order valence-electron chi connectivity index (χ0n) is 11.7. The van der Waals surface area contributed by atoms with Crippen LogP contribution in [0.5, 0.6) is 0 Å². The molecule has 0 unspecified atom stereocenters. The van der Waals surface area contributed by atoms with Gasteiger partial charge in [0.1, 0.15) is 5.69 Å². The summed E-state index contributed by atoms with van der Waals surface area (Å²) >= 11 is 0. The highest BCUT2D eigenvalue weighted by molar-refractivity contribution is 5.60. The molecule has 0 bridgehead atoms. The minimum Gasteiger partial charge on any atom is -0.313 e.